The van der Waals surface area contributed by atoms with Gasteiger partial charge in [-0.15, -0.1) is 0 Å². The van der Waals surface area contributed by atoms with Gasteiger partial charge in [-0.2, -0.15) is 0 Å². The second-order valence-corrected chi connectivity index (χ2v) is 8.26. The number of amides is 2. The van der Waals surface area contributed by atoms with Gasteiger partial charge in [0.1, 0.15) is 17.3 Å². The molecule has 0 aliphatic carbocycles. The van der Waals surface area contributed by atoms with E-state index in [0.717, 1.165) is 38.9 Å². The number of aryl methyl sites for hydroxylation is 4. The van der Waals surface area contributed by atoms with Crippen LogP contribution in [0, 0.1) is 27.7 Å². The van der Waals surface area contributed by atoms with Crippen LogP contribution >= 0.6 is 0 Å². The molecule has 4 N–H and O–H groups in total. The summed E-state index contributed by atoms with van der Waals surface area (Å²) in [5.74, 6) is 1.12. The summed E-state index contributed by atoms with van der Waals surface area (Å²) in [5, 5.41) is 2.75. The first-order valence-electron chi connectivity index (χ1n) is 10.8. The van der Waals surface area contributed by atoms with Gasteiger partial charge in [0.15, 0.2) is 6.61 Å². The normalized spacial score (nSPS) is 10.8. The number of anilines is 1. The molecule has 4 rings (SSSR count). The van der Waals surface area contributed by atoms with Crippen molar-refractivity contribution in [1.82, 2.24) is 9.97 Å². The minimum Gasteiger partial charge on any atom is -0.484 e. The number of hydrogen-bond donors (Lipinski definition) is 3. The van der Waals surface area contributed by atoms with Crippen molar-refractivity contribution in [2.24, 2.45) is 5.73 Å². The molecular formula is C26H26N4O4. The molecule has 0 atom stereocenters. The Hall–Kier alpha value is -4.33. The van der Waals surface area contributed by atoms with Gasteiger partial charge in [-0.1, -0.05) is 6.07 Å². The molecule has 34 heavy (non-hydrogen) atoms. The molecule has 174 valence electrons. The molecule has 1 aromatic heterocycles. The van der Waals surface area contributed by atoms with Crippen molar-refractivity contribution in [1.29, 1.82) is 0 Å². The van der Waals surface area contributed by atoms with Gasteiger partial charge in [-0.3, -0.25) is 10.1 Å². The number of rotatable bonds is 6. The first-order valence-corrected chi connectivity index (χ1v) is 10.8. The van der Waals surface area contributed by atoms with Gasteiger partial charge in [0.05, 0.1) is 11.0 Å². The molecule has 0 bridgehead atoms. The predicted molar refractivity (Wildman–Crippen MR) is 131 cm³/mol. The lowest BCUT2D eigenvalue weighted by Crippen LogP contribution is -2.20. The quantitative estimate of drug-likeness (QED) is 0.378. The number of nitrogens with two attached hydrogens (primary N) is 1. The Morgan fingerprint density at radius 1 is 0.912 bits per heavy atom. The molecule has 0 aliphatic heterocycles. The number of nitrogens with one attached hydrogen (secondary N) is 2. The number of H-pyrrole nitrogens is 1. The van der Waals surface area contributed by atoms with Crippen LogP contribution in [0.25, 0.3) is 22.4 Å². The van der Waals surface area contributed by atoms with E-state index in [1.54, 1.807) is 18.2 Å². The maximum Gasteiger partial charge on any atom is 0.417 e. The molecule has 0 aliphatic rings. The van der Waals surface area contributed by atoms with E-state index in [9.17, 15) is 9.59 Å². The Kier molecular flexibility index (Phi) is 6.23. The lowest BCUT2D eigenvalue weighted by molar-refractivity contribution is -0.119. The van der Waals surface area contributed by atoms with E-state index in [1.165, 1.54) is 0 Å². The van der Waals surface area contributed by atoms with Crippen LogP contribution in [0.15, 0.2) is 48.5 Å². The van der Waals surface area contributed by atoms with Crippen LogP contribution in [0.3, 0.4) is 0 Å². The Balaban J connectivity index is 1.53. The number of aromatic amines is 1. The number of primary amides is 1. The zero-order valence-electron chi connectivity index (χ0n) is 19.5. The number of benzene rings is 3. The summed E-state index contributed by atoms with van der Waals surface area (Å²) in [7, 11) is 0. The average Bonchev–Trinajstić information content (AvgIpc) is 3.17. The van der Waals surface area contributed by atoms with Crippen molar-refractivity contribution in [3.05, 3.63) is 70.8 Å². The van der Waals surface area contributed by atoms with Crippen LogP contribution in [0.4, 0.5) is 10.5 Å². The summed E-state index contributed by atoms with van der Waals surface area (Å²) in [6.45, 7) is 7.71. The van der Waals surface area contributed by atoms with Crippen LogP contribution in [0.1, 0.15) is 22.3 Å². The highest BCUT2D eigenvalue weighted by atomic mass is 16.6. The van der Waals surface area contributed by atoms with E-state index in [1.807, 2.05) is 58.0 Å². The van der Waals surface area contributed by atoms with Crippen molar-refractivity contribution >= 4 is 28.7 Å². The number of fused-ring (bicyclic) bond motifs is 1. The fourth-order valence-corrected chi connectivity index (χ4v) is 3.78. The van der Waals surface area contributed by atoms with Crippen molar-refractivity contribution in [3.8, 4) is 22.9 Å². The molecule has 8 nitrogen and oxygen atoms in total. The Bertz CT molecular complexity index is 1380. The number of aromatic nitrogens is 2. The molecule has 8 heteroatoms. The largest absolute Gasteiger partial charge is 0.484 e. The van der Waals surface area contributed by atoms with Gasteiger partial charge < -0.3 is 20.2 Å². The van der Waals surface area contributed by atoms with E-state index < -0.39 is 12.0 Å². The van der Waals surface area contributed by atoms with E-state index in [2.05, 4.69) is 15.3 Å². The first-order chi connectivity index (χ1) is 16.2. The predicted octanol–water partition coefficient (Wildman–Crippen LogP) is 4.94. The monoisotopic (exact) mass is 458 g/mol. The highest BCUT2D eigenvalue weighted by Gasteiger charge is 2.14. The van der Waals surface area contributed by atoms with E-state index in [0.29, 0.717) is 23.0 Å². The smallest absolute Gasteiger partial charge is 0.417 e. The standard InChI is InChI=1S/C26H26N4O4/c1-14-5-6-18(9-15(14)2)28-26(32)34-19-7-8-21-22(12-19)30-25(29-21)24-16(3)10-20(11-17(24)4)33-13-23(27)31/h5-12H,13H2,1-4H3,(H2,27,31)(H,28,32)(H,29,30). The first kappa shape index (κ1) is 22.8. The minimum absolute atomic E-state index is 0.178. The second-order valence-electron chi connectivity index (χ2n) is 8.26. The van der Waals surface area contributed by atoms with Gasteiger partial charge in [0, 0.05) is 17.3 Å². The Labute approximate surface area is 197 Å². The SMILES string of the molecule is Cc1ccc(NC(=O)Oc2ccc3nc(-c4c(C)cc(OCC(N)=O)cc4C)[nH]c3c2)cc1C. The number of carbonyl (C=O) groups is 2. The van der Waals surface area contributed by atoms with E-state index >= 15 is 0 Å². The molecule has 1 heterocycles. The summed E-state index contributed by atoms with van der Waals surface area (Å²) in [4.78, 5) is 31.3. The van der Waals surface area contributed by atoms with Crippen LogP contribution < -0.4 is 20.5 Å². The maximum absolute atomic E-state index is 12.4. The number of ether oxygens (including phenoxy) is 2. The molecule has 4 aromatic rings. The third kappa shape index (κ3) is 5.01. The zero-order valence-corrected chi connectivity index (χ0v) is 19.5. The van der Waals surface area contributed by atoms with Crippen LogP contribution in [-0.2, 0) is 4.79 Å². The van der Waals surface area contributed by atoms with Gasteiger partial charge in [0.2, 0.25) is 0 Å². The van der Waals surface area contributed by atoms with Crippen LogP contribution in [0.5, 0.6) is 11.5 Å². The number of nitrogens with zero attached hydrogens (tertiary/aromatic N) is 1. The van der Waals surface area contributed by atoms with Gasteiger partial charge in [-0.05, 0) is 86.3 Å². The molecular weight excluding hydrogens is 432 g/mol. The molecule has 0 radical (unpaired) electrons. The summed E-state index contributed by atoms with van der Waals surface area (Å²) in [6.07, 6.45) is -0.569. The summed E-state index contributed by atoms with van der Waals surface area (Å²) >= 11 is 0. The van der Waals surface area contributed by atoms with Gasteiger partial charge >= 0.3 is 6.09 Å². The molecule has 0 saturated heterocycles. The number of imidazole rings is 1. The molecule has 0 spiro atoms. The lowest BCUT2D eigenvalue weighted by atomic mass is 10.0. The summed E-state index contributed by atoms with van der Waals surface area (Å²) in [6, 6.07) is 14.6. The summed E-state index contributed by atoms with van der Waals surface area (Å²) in [5.41, 5.74) is 12.3. The Morgan fingerprint density at radius 2 is 1.65 bits per heavy atom. The fraction of sp³-hybridized carbons (Fsp3) is 0.192. The van der Waals surface area contributed by atoms with Crippen LogP contribution in [0.2, 0.25) is 0 Å². The Morgan fingerprint density at radius 3 is 2.32 bits per heavy atom. The lowest BCUT2D eigenvalue weighted by Gasteiger charge is -2.11. The third-order valence-electron chi connectivity index (χ3n) is 5.54. The average molecular weight is 459 g/mol. The number of carbonyl (C=O) groups excluding carboxylic acids is 2. The van der Waals surface area contributed by atoms with Crippen molar-refractivity contribution in [2.75, 3.05) is 11.9 Å². The van der Waals surface area contributed by atoms with E-state index in [4.69, 9.17) is 15.2 Å². The van der Waals surface area contributed by atoms with Gasteiger partial charge in [-0.25, -0.2) is 9.78 Å². The highest BCUT2D eigenvalue weighted by Crippen LogP contribution is 2.31. The molecule has 3 aromatic carbocycles. The molecule has 0 fully saturated rings. The van der Waals surface area contributed by atoms with Crippen molar-refractivity contribution in [2.45, 2.75) is 27.7 Å². The zero-order chi connectivity index (χ0) is 24.4. The fourth-order valence-electron chi connectivity index (χ4n) is 3.78. The third-order valence-corrected chi connectivity index (χ3v) is 5.54. The molecule has 2 amide bonds. The minimum atomic E-state index is -0.569. The summed E-state index contributed by atoms with van der Waals surface area (Å²) < 4.78 is 10.9. The van der Waals surface area contributed by atoms with Crippen molar-refractivity contribution < 1.29 is 19.1 Å². The number of hydrogen-bond acceptors (Lipinski definition) is 5. The highest BCUT2D eigenvalue weighted by molar-refractivity contribution is 5.88. The van der Waals surface area contributed by atoms with E-state index in [-0.39, 0.29) is 6.61 Å². The van der Waals surface area contributed by atoms with Crippen LogP contribution in [-0.4, -0.2) is 28.6 Å². The maximum atomic E-state index is 12.4. The van der Waals surface area contributed by atoms with Crippen molar-refractivity contribution in [3.63, 3.8) is 0 Å². The molecule has 0 saturated carbocycles. The topological polar surface area (TPSA) is 119 Å². The molecule has 0 unspecified atom stereocenters. The van der Waals surface area contributed by atoms with Gasteiger partial charge in [0.25, 0.3) is 5.91 Å². The second kappa shape index (κ2) is 9.27.